The van der Waals surface area contributed by atoms with Gasteiger partial charge in [-0.15, -0.1) is 0 Å². The molecule has 0 aliphatic carbocycles. The van der Waals surface area contributed by atoms with E-state index >= 15 is 0 Å². The zero-order chi connectivity index (χ0) is 35.3. The molecule has 3 aromatic carbocycles. The molecule has 0 radical (unpaired) electrons. The second-order valence-corrected chi connectivity index (χ2v) is 14.4. The van der Waals surface area contributed by atoms with E-state index < -0.39 is 17.4 Å². The number of halogens is 1. The average molecular weight is 670 g/mol. The lowest BCUT2D eigenvalue weighted by atomic mass is 9.95. The number of hydrogen-bond donors (Lipinski definition) is 0. The molecule has 0 amide bonds. The first kappa shape index (κ1) is 36.0. The number of hydrogen-bond acceptors (Lipinski definition) is 6. The second-order valence-electron chi connectivity index (χ2n) is 14.4. The maximum Gasteiger partial charge on any atom is 0.340 e. The van der Waals surface area contributed by atoms with Gasteiger partial charge in [0.05, 0.1) is 29.9 Å². The molecule has 2 unspecified atom stereocenters. The maximum absolute atomic E-state index is 14.3. The third kappa shape index (κ3) is 9.25. The van der Waals surface area contributed by atoms with Gasteiger partial charge in [0.25, 0.3) is 0 Å². The number of esters is 2. The third-order valence-corrected chi connectivity index (χ3v) is 8.36. The highest BCUT2D eigenvalue weighted by atomic mass is 19.1. The van der Waals surface area contributed by atoms with Crippen LogP contribution in [-0.4, -0.2) is 40.1 Å². The first-order chi connectivity index (χ1) is 23.2. The number of nitrogens with zero attached hydrogens (tertiary/aromatic N) is 1. The van der Waals surface area contributed by atoms with Crippen LogP contribution in [0.3, 0.4) is 0 Å². The minimum Gasteiger partial charge on any atom is -0.460 e. The van der Waals surface area contributed by atoms with Crippen molar-refractivity contribution in [1.82, 2.24) is 4.57 Å². The van der Waals surface area contributed by atoms with E-state index in [4.69, 9.17) is 18.9 Å². The molecule has 0 saturated carbocycles. The Bertz CT molecular complexity index is 1720. The number of benzene rings is 3. The van der Waals surface area contributed by atoms with E-state index in [-0.39, 0.29) is 42.9 Å². The lowest BCUT2D eigenvalue weighted by Crippen LogP contribution is -2.46. The molecule has 49 heavy (non-hydrogen) atoms. The van der Waals surface area contributed by atoms with Crippen molar-refractivity contribution in [2.45, 2.75) is 110 Å². The summed E-state index contributed by atoms with van der Waals surface area (Å²) in [5.74, 6) is -2.05. The summed E-state index contributed by atoms with van der Waals surface area (Å²) >= 11 is 0. The van der Waals surface area contributed by atoms with Gasteiger partial charge in [-0.25, -0.2) is 9.18 Å². The van der Waals surface area contributed by atoms with E-state index in [9.17, 15) is 14.0 Å². The van der Waals surface area contributed by atoms with Gasteiger partial charge >= 0.3 is 11.9 Å². The van der Waals surface area contributed by atoms with Crippen LogP contribution in [0.1, 0.15) is 95.3 Å². The predicted octanol–water partition coefficient (Wildman–Crippen LogP) is 9.47. The highest BCUT2D eigenvalue weighted by Crippen LogP contribution is 2.43. The molecule has 1 saturated heterocycles. The van der Waals surface area contributed by atoms with Crippen LogP contribution < -0.4 is 0 Å². The fourth-order valence-electron chi connectivity index (χ4n) is 6.63. The molecule has 0 spiro atoms. The van der Waals surface area contributed by atoms with E-state index in [1.54, 1.807) is 12.1 Å². The van der Waals surface area contributed by atoms with Crippen molar-refractivity contribution in [3.63, 3.8) is 0 Å². The van der Waals surface area contributed by atoms with Crippen molar-refractivity contribution < 1.29 is 32.9 Å². The predicted molar refractivity (Wildman–Crippen MR) is 188 cm³/mol. The van der Waals surface area contributed by atoms with Gasteiger partial charge in [0, 0.05) is 24.2 Å². The third-order valence-electron chi connectivity index (χ3n) is 8.36. The van der Waals surface area contributed by atoms with Gasteiger partial charge < -0.3 is 23.5 Å². The standard InChI is InChI=1S/C41H48FNO6/c1-27(2)37-36(39(45)46-26-28-14-10-8-11-15-28)35(29-16-12-9-13-17-29)38(30-18-20-31(42)21-19-30)43(37)23-22-32-24-33(48-41(6,7)47-32)25-34(44)49-40(3,4)5/h8-21,27,32-33H,22-26H2,1-7H3. The van der Waals surface area contributed by atoms with E-state index in [0.29, 0.717) is 24.9 Å². The molecule has 5 rings (SSSR count). The summed E-state index contributed by atoms with van der Waals surface area (Å²) in [7, 11) is 0. The number of rotatable bonds is 11. The zero-order valence-corrected chi connectivity index (χ0v) is 29.6. The first-order valence-corrected chi connectivity index (χ1v) is 17.1. The Kier molecular flexibility index (Phi) is 11.1. The number of carbonyl (C=O) groups excluding carboxylic acids is 2. The van der Waals surface area contributed by atoms with E-state index in [1.807, 2.05) is 95.3 Å². The second kappa shape index (κ2) is 15.1. The number of ether oxygens (including phenoxy) is 4. The molecule has 4 aromatic rings. The summed E-state index contributed by atoms with van der Waals surface area (Å²) in [5.41, 5.74) is 4.80. The molecule has 1 aromatic heterocycles. The molecular weight excluding hydrogens is 621 g/mol. The monoisotopic (exact) mass is 669 g/mol. The van der Waals surface area contributed by atoms with Crippen molar-refractivity contribution >= 4 is 11.9 Å². The Labute approximate surface area is 289 Å². The molecule has 1 aliphatic heterocycles. The van der Waals surface area contributed by atoms with Crippen LogP contribution in [0.4, 0.5) is 4.39 Å². The Morgan fingerprint density at radius 2 is 1.51 bits per heavy atom. The van der Waals surface area contributed by atoms with Crippen molar-refractivity contribution in [3.05, 3.63) is 108 Å². The molecule has 0 N–H and O–H groups in total. The van der Waals surface area contributed by atoms with Crippen LogP contribution in [0.15, 0.2) is 84.9 Å². The summed E-state index contributed by atoms with van der Waals surface area (Å²) in [6.45, 7) is 14.0. The largest absolute Gasteiger partial charge is 0.460 e. The van der Waals surface area contributed by atoms with Gasteiger partial charge in [-0.1, -0.05) is 74.5 Å². The molecule has 7 nitrogen and oxygen atoms in total. The van der Waals surface area contributed by atoms with Crippen LogP contribution in [0.5, 0.6) is 0 Å². The number of aromatic nitrogens is 1. The molecular formula is C41H48FNO6. The van der Waals surface area contributed by atoms with Crippen LogP contribution in [0.2, 0.25) is 0 Å². The van der Waals surface area contributed by atoms with Crippen molar-refractivity contribution in [1.29, 1.82) is 0 Å². The highest BCUT2D eigenvalue weighted by Gasteiger charge is 2.38. The van der Waals surface area contributed by atoms with Crippen LogP contribution >= 0.6 is 0 Å². The van der Waals surface area contributed by atoms with Gasteiger partial charge in [-0.3, -0.25) is 4.79 Å². The van der Waals surface area contributed by atoms with E-state index in [0.717, 1.165) is 33.6 Å². The molecule has 1 fully saturated rings. The van der Waals surface area contributed by atoms with E-state index in [1.165, 1.54) is 12.1 Å². The fraction of sp³-hybridized carbons (Fsp3) is 0.415. The Hall–Kier alpha value is -4.27. The maximum atomic E-state index is 14.3. The first-order valence-electron chi connectivity index (χ1n) is 17.1. The minimum absolute atomic E-state index is 0.0668. The zero-order valence-electron chi connectivity index (χ0n) is 29.6. The van der Waals surface area contributed by atoms with Crippen LogP contribution in [-0.2, 0) is 36.9 Å². The number of carbonyl (C=O) groups is 2. The fourth-order valence-corrected chi connectivity index (χ4v) is 6.63. The van der Waals surface area contributed by atoms with Crippen LogP contribution in [0, 0.1) is 5.82 Å². The minimum atomic E-state index is -0.908. The summed E-state index contributed by atoms with van der Waals surface area (Å²) in [6.07, 6.45) is 0.584. The van der Waals surface area contributed by atoms with Gasteiger partial charge in [-0.05, 0) is 87.9 Å². The smallest absolute Gasteiger partial charge is 0.340 e. The molecule has 1 aliphatic rings. The lowest BCUT2D eigenvalue weighted by molar-refractivity contribution is -0.301. The summed E-state index contributed by atoms with van der Waals surface area (Å²) in [4.78, 5) is 27.0. The molecule has 2 atom stereocenters. The van der Waals surface area contributed by atoms with Crippen molar-refractivity contribution in [2.75, 3.05) is 0 Å². The van der Waals surface area contributed by atoms with Crippen LogP contribution in [0.25, 0.3) is 22.4 Å². The quantitative estimate of drug-likeness (QED) is 0.148. The Morgan fingerprint density at radius 1 is 0.898 bits per heavy atom. The lowest BCUT2D eigenvalue weighted by Gasteiger charge is -2.41. The van der Waals surface area contributed by atoms with Crippen molar-refractivity contribution in [3.8, 4) is 22.4 Å². The SMILES string of the molecule is CC(C)c1c(C(=O)OCc2ccccc2)c(-c2ccccc2)c(-c2ccc(F)cc2)n1CCC1CC(CC(=O)OC(C)(C)C)OC(C)(C)O1. The Balaban J connectivity index is 1.56. The molecule has 8 heteroatoms. The molecule has 2 heterocycles. The van der Waals surface area contributed by atoms with Gasteiger partial charge in [0.2, 0.25) is 0 Å². The summed E-state index contributed by atoms with van der Waals surface area (Å²) < 4.78 is 40.6. The summed E-state index contributed by atoms with van der Waals surface area (Å²) in [5, 5.41) is 0. The van der Waals surface area contributed by atoms with E-state index in [2.05, 4.69) is 18.4 Å². The molecule has 0 bridgehead atoms. The van der Waals surface area contributed by atoms with Gasteiger partial charge in [-0.2, -0.15) is 0 Å². The normalized spacial score (nSPS) is 17.6. The Morgan fingerprint density at radius 3 is 2.12 bits per heavy atom. The highest BCUT2D eigenvalue weighted by molar-refractivity contribution is 6.04. The van der Waals surface area contributed by atoms with Crippen molar-refractivity contribution in [2.24, 2.45) is 0 Å². The average Bonchev–Trinajstić information content (AvgIpc) is 3.38. The summed E-state index contributed by atoms with van der Waals surface area (Å²) in [6, 6.07) is 25.8. The topological polar surface area (TPSA) is 76.0 Å². The van der Waals surface area contributed by atoms with Gasteiger partial charge in [0.15, 0.2) is 5.79 Å². The van der Waals surface area contributed by atoms with Gasteiger partial charge in [0.1, 0.15) is 18.0 Å². The molecule has 260 valence electrons.